The summed E-state index contributed by atoms with van der Waals surface area (Å²) in [5.74, 6) is 3.28. The van der Waals surface area contributed by atoms with Crippen molar-refractivity contribution in [2.45, 2.75) is 31.8 Å². The topological polar surface area (TPSA) is 58.2 Å². The molecule has 1 aliphatic rings. The molecule has 29 heavy (non-hydrogen) atoms. The molecule has 160 valence electrons. The molecule has 0 radical (unpaired) electrons. The van der Waals surface area contributed by atoms with E-state index in [2.05, 4.69) is 25.2 Å². The first kappa shape index (κ1) is 23.0. The molecule has 0 spiro atoms. The summed E-state index contributed by atoms with van der Waals surface area (Å²) in [6.45, 7) is 4.38. The second-order valence-electron chi connectivity index (χ2n) is 7.50. The van der Waals surface area contributed by atoms with Crippen molar-refractivity contribution in [1.29, 1.82) is 0 Å². The lowest BCUT2D eigenvalue weighted by molar-refractivity contribution is 0.314. The zero-order valence-corrected chi connectivity index (χ0v) is 18.9. The number of benzene rings is 2. The van der Waals surface area contributed by atoms with Crippen molar-refractivity contribution in [1.82, 2.24) is 5.32 Å². The molecular formula is C22H30ClNO5. The predicted octanol–water partition coefficient (Wildman–Crippen LogP) is 4.17. The Labute approximate surface area is 178 Å². The van der Waals surface area contributed by atoms with Gasteiger partial charge in [0.1, 0.15) is 0 Å². The van der Waals surface area contributed by atoms with Gasteiger partial charge >= 0.3 is 0 Å². The highest BCUT2D eigenvalue weighted by atomic mass is 35.5. The largest absolute Gasteiger partial charge is 0.493 e. The number of hydrogen-bond acceptors (Lipinski definition) is 6. The van der Waals surface area contributed by atoms with Crippen molar-refractivity contribution in [3.63, 3.8) is 0 Å². The van der Waals surface area contributed by atoms with Gasteiger partial charge in [-0.25, -0.2) is 0 Å². The highest BCUT2D eigenvalue weighted by Crippen LogP contribution is 2.45. The molecule has 0 saturated carbocycles. The van der Waals surface area contributed by atoms with Crippen LogP contribution in [0.25, 0.3) is 0 Å². The number of hydrogen-bond donors (Lipinski definition) is 1. The Morgan fingerprint density at radius 2 is 1.28 bits per heavy atom. The van der Waals surface area contributed by atoms with Gasteiger partial charge in [-0.3, -0.25) is 0 Å². The first-order valence-corrected chi connectivity index (χ1v) is 9.19. The monoisotopic (exact) mass is 423 g/mol. The molecule has 0 aromatic heterocycles. The van der Waals surface area contributed by atoms with Gasteiger partial charge in [-0.15, -0.1) is 12.4 Å². The number of rotatable bonds is 6. The highest BCUT2D eigenvalue weighted by Gasteiger charge is 2.34. The fourth-order valence-electron chi connectivity index (χ4n) is 3.89. The zero-order valence-electron chi connectivity index (χ0n) is 18.0. The van der Waals surface area contributed by atoms with E-state index in [4.69, 9.17) is 23.7 Å². The SMILES string of the molecule is COc1cc2c(cc1OC)C(c1cc(OC)c(OC)c(OC)c1)NC(C)(C)C2.Cl. The Balaban J connectivity index is 0.00000300. The molecule has 3 rings (SSSR count). The number of ether oxygens (including phenoxy) is 5. The number of fused-ring (bicyclic) bond motifs is 1. The van der Waals surface area contributed by atoms with Gasteiger partial charge in [-0.05, 0) is 61.2 Å². The molecular weight excluding hydrogens is 394 g/mol. The van der Waals surface area contributed by atoms with E-state index in [1.165, 1.54) is 5.56 Å². The maximum Gasteiger partial charge on any atom is 0.203 e. The van der Waals surface area contributed by atoms with Crippen LogP contribution in [0, 0.1) is 0 Å². The second-order valence-corrected chi connectivity index (χ2v) is 7.50. The van der Waals surface area contributed by atoms with E-state index >= 15 is 0 Å². The Kier molecular flexibility index (Phi) is 7.14. The molecule has 0 aliphatic carbocycles. The average Bonchev–Trinajstić information content (AvgIpc) is 2.70. The third-order valence-electron chi connectivity index (χ3n) is 5.14. The summed E-state index contributed by atoms with van der Waals surface area (Å²) in [5, 5.41) is 3.75. The summed E-state index contributed by atoms with van der Waals surface area (Å²) in [7, 11) is 8.17. The molecule has 7 heteroatoms. The maximum absolute atomic E-state index is 5.55. The van der Waals surface area contributed by atoms with Crippen LogP contribution in [0.4, 0.5) is 0 Å². The first-order chi connectivity index (χ1) is 13.4. The molecule has 1 atom stereocenters. The second kappa shape index (κ2) is 9.01. The standard InChI is InChI=1S/C22H29NO5.ClH/c1-22(2)12-14-10-16(24-3)17(25-4)11-15(14)20(23-22)13-8-18(26-5)21(28-7)19(9-13)27-6;/h8-11,20,23H,12H2,1-7H3;1H. The Bertz CT molecular complexity index is 844. The molecule has 1 heterocycles. The van der Waals surface area contributed by atoms with Crippen LogP contribution in [0.15, 0.2) is 24.3 Å². The highest BCUT2D eigenvalue weighted by molar-refractivity contribution is 5.85. The third-order valence-corrected chi connectivity index (χ3v) is 5.14. The van der Waals surface area contributed by atoms with E-state index in [-0.39, 0.29) is 24.0 Å². The van der Waals surface area contributed by atoms with Crippen LogP contribution in [0.2, 0.25) is 0 Å². The molecule has 1 aliphatic heterocycles. The predicted molar refractivity (Wildman–Crippen MR) is 116 cm³/mol. The van der Waals surface area contributed by atoms with Crippen LogP contribution < -0.4 is 29.0 Å². The number of halogens is 1. The van der Waals surface area contributed by atoms with Gasteiger partial charge in [0.15, 0.2) is 23.0 Å². The molecule has 6 nitrogen and oxygen atoms in total. The normalized spacial score (nSPS) is 16.9. The fourth-order valence-corrected chi connectivity index (χ4v) is 3.89. The van der Waals surface area contributed by atoms with Crippen LogP contribution in [0.5, 0.6) is 28.7 Å². The van der Waals surface area contributed by atoms with Gasteiger partial charge < -0.3 is 29.0 Å². The number of nitrogens with one attached hydrogen (secondary N) is 1. The van der Waals surface area contributed by atoms with Gasteiger partial charge in [0.2, 0.25) is 5.75 Å². The van der Waals surface area contributed by atoms with Crippen molar-refractivity contribution < 1.29 is 23.7 Å². The van der Waals surface area contributed by atoms with E-state index in [1.807, 2.05) is 18.2 Å². The molecule has 0 saturated heterocycles. The molecule has 0 fully saturated rings. The number of methoxy groups -OCH3 is 5. The Hall–Kier alpha value is -2.31. The molecule has 2 aromatic rings. The quantitative estimate of drug-likeness (QED) is 0.752. The van der Waals surface area contributed by atoms with Gasteiger partial charge in [0.05, 0.1) is 41.6 Å². The van der Waals surface area contributed by atoms with Gasteiger partial charge in [-0.2, -0.15) is 0 Å². The Morgan fingerprint density at radius 1 is 0.759 bits per heavy atom. The van der Waals surface area contributed by atoms with Crippen LogP contribution in [0.3, 0.4) is 0 Å². The minimum absolute atomic E-state index is 0. The lowest BCUT2D eigenvalue weighted by Gasteiger charge is -2.39. The van der Waals surface area contributed by atoms with Crippen LogP contribution >= 0.6 is 12.4 Å². The van der Waals surface area contributed by atoms with E-state index in [9.17, 15) is 0 Å². The van der Waals surface area contributed by atoms with Crippen molar-refractivity contribution >= 4 is 12.4 Å². The first-order valence-electron chi connectivity index (χ1n) is 9.19. The summed E-state index contributed by atoms with van der Waals surface area (Å²) in [4.78, 5) is 0. The van der Waals surface area contributed by atoms with Crippen molar-refractivity contribution in [2.75, 3.05) is 35.5 Å². The Morgan fingerprint density at radius 3 is 1.76 bits per heavy atom. The minimum atomic E-state index is -0.0995. The van der Waals surface area contributed by atoms with Crippen LogP contribution in [-0.4, -0.2) is 41.1 Å². The maximum atomic E-state index is 5.55. The molecule has 0 bridgehead atoms. The van der Waals surface area contributed by atoms with Gasteiger partial charge in [0, 0.05) is 5.54 Å². The van der Waals surface area contributed by atoms with E-state index in [0.717, 1.165) is 23.3 Å². The molecule has 2 aromatic carbocycles. The zero-order chi connectivity index (χ0) is 20.5. The van der Waals surface area contributed by atoms with Gasteiger partial charge in [-0.1, -0.05) is 0 Å². The van der Waals surface area contributed by atoms with Crippen LogP contribution in [-0.2, 0) is 6.42 Å². The summed E-state index contributed by atoms with van der Waals surface area (Å²) < 4.78 is 27.6. The molecule has 1 N–H and O–H groups in total. The lowest BCUT2D eigenvalue weighted by atomic mass is 9.81. The van der Waals surface area contributed by atoms with E-state index in [0.29, 0.717) is 23.0 Å². The van der Waals surface area contributed by atoms with Crippen LogP contribution in [0.1, 0.15) is 36.6 Å². The minimum Gasteiger partial charge on any atom is -0.493 e. The smallest absolute Gasteiger partial charge is 0.203 e. The summed E-state index contributed by atoms with van der Waals surface area (Å²) in [6, 6.07) is 8.03. The van der Waals surface area contributed by atoms with E-state index < -0.39 is 0 Å². The summed E-state index contributed by atoms with van der Waals surface area (Å²) in [6.07, 6.45) is 0.879. The molecule has 1 unspecified atom stereocenters. The summed E-state index contributed by atoms with van der Waals surface area (Å²) in [5.41, 5.74) is 3.29. The summed E-state index contributed by atoms with van der Waals surface area (Å²) >= 11 is 0. The lowest BCUT2D eigenvalue weighted by Crippen LogP contribution is -2.47. The third kappa shape index (κ3) is 4.33. The van der Waals surface area contributed by atoms with Crippen molar-refractivity contribution in [3.05, 3.63) is 41.0 Å². The average molecular weight is 424 g/mol. The van der Waals surface area contributed by atoms with E-state index in [1.54, 1.807) is 35.5 Å². The van der Waals surface area contributed by atoms with Crippen molar-refractivity contribution in [2.24, 2.45) is 0 Å². The van der Waals surface area contributed by atoms with Crippen molar-refractivity contribution in [3.8, 4) is 28.7 Å². The van der Waals surface area contributed by atoms with Gasteiger partial charge in [0.25, 0.3) is 0 Å². The molecule has 0 amide bonds. The fraction of sp³-hybridized carbons (Fsp3) is 0.455.